The van der Waals surface area contributed by atoms with E-state index in [1.807, 2.05) is 59.2 Å². The molecule has 0 saturated heterocycles. The maximum Gasteiger partial charge on any atom is 0.276 e. The molecule has 0 bridgehead atoms. The second kappa shape index (κ2) is 11.0. The first-order chi connectivity index (χ1) is 18.4. The van der Waals surface area contributed by atoms with E-state index in [0.29, 0.717) is 45.2 Å². The summed E-state index contributed by atoms with van der Waals surface area (Å²) in [5, 5.41) is 3.59. The van der Waals surface area contributed by atoms with E-state index in [1.165, 1.54) is 18.3 Å². The average Bonchev–Trinajstić information content (AvgIpc) is 3.26. The number of rotatable bonds is 7. The van der Waals surface area contributed by atoms with Crippen LogP contribution in [0.4, 0.5) is 10.1 Å². The van der Waals surface area contributed by atoms with E-state index in [1.54, 1.807) is 25.1 Å². The normalized spacial score (nSPS) is 10.8. The molecule has 0 saturated carbocycles. The summed E-state index contributed by atoms with van der Waals surface area (Å²) >= 11 is 12.7. The fourth-order valence-corrected chi connectivity index (χ4v) is 4.45. The Morgan fingerprint density at radius 1 is 1.00 bits per heavy atom. The molecule has 0 atom stereocenters. The van der Waals surface area contributed by atoms with E-state index < -0.39 is 11.9 Å². The van der Waals surface area contributed by atoms with Gasteiger partial charge in [0.15, 0.2) is 5.69 Å². The van der Waals surface area contributed by atoms with Crippen molar-refractivity contribution in [3.05, 3.63) is 124 Å². The quantitative estimate of drug-likeness (QED) is 0.214. The molecular weight excluding hydrogens is 526 g/mol. The number of halogens is 3. The Hall–Kier alpha value is -4.20. The summed E-state index contributed by atoms with van der Waals surface area (Å²) in [6.07, 6.45) is 1.24. The van der Waals surface area contributed by atoms with Crippen molar-refractivity contribution in [1.29, 1.82) is 0 Å². The predicted octanol–water partition coefficient (Wildman–Crippen LogP) is 7.52. The number of imidazole rings is 1. The van der Waals surface area contributed by atoms with Crippen LogP contribution in [0, 0.1) is 12.9 Å². The highest BCUT2D eigenvalue weighted by atomic mass is 35.5. The first kappa shape index (κ1) is 25.4. The van der Waals surface area contributed by atoms with Gasteiger partial charge >= 0.3 is 0 Å². The Morgan fingerprint density at radius 3 is 2.45 bits per heavy atom. The number of hydrogen-bond acceptors (Lipinski definition) is 4. The van der Waals surface area contributed by atoms with Gasteiger partial charge in [-0.05, 0) is 67.1 Å². The van der Waals surface area contributed by atoms with E-state index in [4.69, 9.17) is 27.9 Å². The smallest absolute Gasteiger partial charge is 0.276 e. The van der Waals surface area contributed by atoms with Gasteiger partial charge in [0.05, 0.1) is 22.6 Å². The van der Waals surface area contributed by atoms with Gasteiger partial charge in [0, 0.05) is 16.3 Å². The summed E-state index contributed by atoms with van der Waals surface area (Å²) in [4.78, 5) is 21.4. The monoisotopic (exact) mass is 546 g/mol. The lowest BCUT2D eigenvalue weighted by molar-refractivity contribution is 0.102. The number of carbonyl (C=O) groups is 1. The molecule has 0 fully saturated rings. The van der Waals surface area contributed by atoms with Gasteiger partial charge in [-0.15, -0.1) is 0 Å². The van der Waals surface area contributed by atoms with Crippen molar-refractivity contribution >= 4 is 34.8 Å². The highest BCUT2D eigenvalue weighted by Gasteiger charge is 2.23. The van der Waals surface area contributed by atoms with Crippen LogP contribution in [-0.2, 0) is 6.61 Å². The van der Waals surface area contributed by atoms with E-state index in [2.05, 4.69) is 15.3 Å². The van der Waals surface area contributed by atoms with Crippen molar-refractivity contribution < 1.29 is 13.9 Å². The summed E-state index contributed by atoms with van der Waals surface area (Å²) in [5.41, 5.74) is 3.53. The largest absolute Gasteiger partial charge is 0.489 e. The first-order valence-corrected chi connectivity index (χ1v) is 12.4. The van der Waals surface area contributed by atoms with Crippen LogP contribution in [0.2, 0.25) is 10.0 Å². The lowest BCUT2D eigenvalue weighted by atomic mass is 10.2. The second-order valence-electron chi connectivity index (χ2n) is 8.42. The summed E-state index contributed by atoms with van der Waals surface area (Å²) in [7, 11) is 0. The number of ether oxygens (including phenoxy) is 1. The standard InChI is InChI=1S/C29H21Cl2FN4O2/c1-18-27(29(37)34-21-8-14-26(32)33-16-21)35-28(24-13-7-20(30)15-25(24)31)36(18)22-9-11-23(12-10-22)38-17-19-5-3-2-4-6-19/h2-16H,17H2,1H3,(H,34,37). The maximum absolute atomic E-state index is 13.2. The number of hydrogen-bond donors (Lipinski definition) is 1. The number of nitrogens with zero attached hydrogens (tertiary/aromatic N) is 3. The van der Waals surface area contributed by atoms with Crippen molar-refractivity contribution in [2.24, 2.45) is 0 Å². The Kier molecular flexibility index (Phi) is 7.40. The van der Waals surface area contributed by atoms with Crippen LogP contribution in [-0.4, -0.2) is 20.4 Å². The minimum Gasteiger partial charge on any atom is -0.489 e. The Bertz CT molecular complexity index is 1590. The fourth-order valence-electron chi connectivity index (χ4n) is 3.96. The highest BCUT2D eigenvalue weighted by Crippen LogP contribution is 2.34. The van der Waals surface area contributed by atoms with Gasteiger partial charge in [-0.25, -0.2) is 9.97 Å². The minimum absolute atomic E-state index is 0.180. The Balaban J connectivity index is 1.50. The number of benzene rings is 3. The average molecular weight is 547 g/mol. The number of pyridine rings is 1. The van der Waals surface area contributed by atoms with Gasteiger partial charge in [0.25, 0.3) is 5.91 Å². The number of amides is 1. The molecule has 6 nitrogen and oxygen atoms in total. The van der Waals surface area contributed by atoms with Crippen molar-refractivity contribution in [2.45, 2.75) is 13.5 Å². The Labute approximate surface area is 228 Å². The lowest BCUT2D eigenvalue weighted by Crippen LogP contribution is -2.14. The van der Waals surface area contributed by atoms with Gasteiger partial charge in [-0.1, -0.05) is 53.5 Å². The SMILES string of the molecule is Cc1c(C(=O)Nc2ccc(F)nc2)nc(-c2ccc(Cl)cc2Cl)n1-c1ccc(OCc2ccccc2)cc1. The zero-order valence-electron chi connectivity index (χ0n) is 20.2. The summed E-state index contributed by atoms with van der Waals surface area (Å²) in [6, 6.07) is 25.1. The molecule has 3 aromatic carbocycles. The summed E-state index contributed by atoms with van der Waals surface area (Å²) in [5.74, 6) is 0.0517. The number of carbonyl (C=O) groups excluding carboxylic acids is 1. The number of anilines is 1. The Morgan fingerprint density at radius 2 is 1.76 bits per heavy atom. The molecule has 0 radical (unpaired) electrons. The third-order valence-electron chi connectivity index (χ3n) is 5.82. The number of nitrogens with one attached hydrogen (secondary N) is 1. The van der Waals surface area contributed by atoms with Gasteiger partial charge < -0.3 is 10.1 Å². The van der Waals surface area contributed by atoms with Gasteiger partial charge in [0.2, 0.25) is 5.95 Å². The van der Waals surface area contributed by atoms with Gasteiger partial charge in [-0.2, -0.15) is 4.39 Å². The zero-order valence-corrected chi connectivity index (χ0v) is 21.7. The van der Waals surface area contributed by atoms with Crippen LogP contribution in [0.15, 0.2) is 91.1 Å². The third-order valence-corrected chi connectivity index (χ3v) is 6.37. The van der Waals surface area contributed by atoms with Crippen molar-refractivity contribution in [3.8, 4) is 22.8 Å². The van der Waals surface area contributed by atoms with Crippen molar-refractivity contribution in [3.63, 3.8) is 0 Å². The molecule has 1 amide bonds. The second-order valence-corrected chi connectivity index (χ2v) is 9.26. The zero-order chi connectivity index (χ0) is 26.6. The highest BCUT2D eigenvalue weighted by molar-refractivity contribution is 6.36. The third kappa shape index (κ3) is 5.54. The molecule has 0 aliphatic rings. The van der Waals surface area contributed by atoms with Crippen LogP contribution < -0.4 is 10.1 Å². The van der Waals surface area contributed by atoms with E-state index >= 15 is 0 Å². The molecule has 0 spiro atoms. The van der Waals surface area contributed by atoms with E-state index in [0.717, 1.165) is 11.3 Å². The van der Waals surface area contributed by atoms with E-state index in [-0.39, 0.29) is 5.69 Å². The van der Waals surface area contributed by atoms with Gasteiger partial charge in [-0.3, -0.25) is 9.36 Å². The lowest BCUT2D eigenvalue weighted by Gasteiger charge is -2.13. The fraction of sp³-hybridized carbons (Fsp3) is 0.0690. The van der Waals surface area contributed by atoms with Crippen LogP contribution >= 0.6 is 23.2 Å². The van der Waals surface area contributed by atoms with Crippen LogP contribution in [0.5, 0.6) is 5.75 Å². The van der Waals surface area contributed by atoms with Gasteiger partial charge in [0.1, 0.15) is 18.2 Å². The molecule has 0 aliphatic carbocycles. The molecular formula is C29H21Cl2FN4O2. The van der Waals surface area contributed by atoms with E-state index in [9.17, 15) is 9.18 Å². The molecule has 0 aliphatic heterocycles. The van der Waals surface area contributed by atoms with Crippen molar-refractivity contribution in [1.82, 2.24) is 14.5 Å². The van der Waals surface area contributed by atoms with Crippen molar-refractivity contribution in [2.75, 3.05) is 5.32 Å². The molecule has 190 valence electrons. The molecule has 5 rings (SSSR count). The molecule has 9 heteroatoms. The first-order valence-electron chi connectivity index (χ1n) is 11.6. The molecule has 2 aromatic heterocycles. The maximum atomic E-state index is 13.2. The molecule has 1 N–H and O–H groups in total. The summed E-state index contributed by atoms with van der Waals surface area (Å²) in [6.45, 7) is 2.23. The summed E-state index contributed by atoms with van der Waals surface area (Å²) < 4.78 is 21.0. The molecule has 38 heavy (non-hydrogen) atoms. The molecule has 2 heterocycles. The van der Waals surface area contributed by atoms with Crippen LogP contribution in [0.25, 0.3) is 17.1 Å². The molecule has 5 aromatic rings. The topological polar surface area (TPSA) is 69.0 Å². The minimum atomic E-state index is -0.640. The predicted molar refractivity (Wildman–Crippen MR) is 147 cm³/mol. The molecule has 0 unspecified atom stereocenters. The van der Waals surface area contributed by atoms with Crippen LogP contribution in [0.3, 0.4) is 0 Å². The number of aromatic nitrogens is 3. The van der Waals surface area contributed by atoms with Crippen LogP contribution in [0.1, 0.15) is 21.7 Å².